The van der Waals surface area contributed by atoms with Crippen molar-refractivity contribution in [2.45, 2.75) is 20.8 Å². The van der Waals surface area contributed by atoms with Crippen LogP contribution in [0.5, 0.6) is 0 Å². The lowest BCUT2D eigenvalue weighted by atomic mass is 9.94. The molecule has 0 fully saturated rings. The first-order valence-corrected chi connectivity index (χ1v) is 11.9. The van der Waals surface area contributed by atoms with E-state index in [-0.39, 0.29) is 0 Å². The van der Waals surface area contributed by atoms with Gasteiger partial charge in [-0.25, -0.2) is 4.98 Å². The van der Waals surface area contributed by atoms with Crippen molar-refractivity contribution in [3.05, 3.63) is 114 Å². The molecule has 0 aliphatic carbocycles. The van der Waals surface area contributed by atoms with Gasteiger partial charge in [0.25, 0.3) is 0 Å². The number of rotatable bonds is 3. The maximum absolute atomic E-state index is 5.21. The van der Waals surface area contributed by atoms with Crippen molar-refractivity contribution < 1.29 is 0 Å². The maximum atomic E-state index is 5.21. The fourth-order valence-corrected chi connectivity index (χ4v) is 4.84. The highest BCUT2D eigenvalue weighted by atomic mass is 14.7. The van der Waals surface area contributed by atoms with E-state index in [2.05, 4.69) is 91.4 Å². The van der Waals surface area contributed by atoms with Crippen LogP contribution in [0.3, 0.4) is 0 Å². The summed E-state index contributed by atoms with van der Waals surface area (Å²) in [7, 11) is 0. The molecule has 0 saturated carbocycles. The van der Waals surface area contributed by atoms with E-state index in [4.69, 9.17) is 4.98 Å². The van der Waals surface area contributed by atoms with Crippen molar-refractivity contribution in [2.75, 3.05) is 0 Å². The summed E-state index contributed by atoms with van der Waals surface area (Å²) in [6, 6.07) is 29.8. The molecule has 0 bridgehead atoms. The van der Waals surface area contributed by atoms with Crippen molar-refractivity contribution in [1.29, 1.82) is 0 Å². The summed E-state index contributed by atoms with van der Waals surface area (Å²) in [5, 5.41) is 3.57. The highest BCUT2D eigenvalue weighted by Crippen LogP contribution is 2.36. The second-order valence-electron chi connectivity index (χ2n) is 9.20. The first-order valence-electron chi connectivity index (χ1n) is 11.9. The zero-order valence-corrected chi connectivity index (χ0v) is 20.1. The molecule has 0 radical (unpaired) electrons. The molecule has 3 nitrogen and oxygen atoms in total. The number of pyridine rings is 3. The van der Waals surface area contributed by atoms with Gasteiger partial charge < -0.3 is 0 Å². The van der Waals surface area contributed by atoms with Crippen LogP contribution in [0, 0.1) is 20.8 Å². The van der Waals surface area contributed by atoms with Gasteiger partial charge in [-0.15, -0.1) is 0 Å². The van der Waals surface area contributed by atoms with Gasteiger partial charge in [-0.3, -0.25) is 9.97 Å². The average molecular weight is 452 g/mol. The van der Waals surface area contributed by atoms with E-state index in [0.717, 1.165) is 44.7 Å². The molecule has 0 saturated heterocycles. The Kier molecular flexibility index (Phi) is 5.11. The minimum absolute atomic E-state index is 0.962. The number of fused-ring (bicyclic) bond motifs is 3. The minimum Gasteiger partial charge on any atom is -0.256 e. The summed E-state index contributed by atoms with van der Waals surface area (Å²) in [4.78, 5) is 14.4. The maximum Gasteiger partial charge on any atom is 0.0719 e. The summed E-state index contributed by atoms with van der Waals surface area (Å²) in [6.45, 7) is 6.41. The quantitative estimate of drug-likeness (QED) is 0.255. The van der Waals surface area contributed by atoms with E-state index in [1.807, 2.05) is 36.7 Å². The molecule has 35 heavy (non-hydrogen) atoms. The Balaban J connectivity index is 1.58. The van der Waals surface area contributed by atoms with Crippen LogP contribution in [0.1, 0.15) is 16.7 Å². The van der Waals surface area contributed by atoms with Gasteiger partial charge in [-0.05, 0) is 85.1 Å². The van der Waals surface area contributed by atoms with Crippen LogP contribution in [0.25, 0.3) is 55.4 Å². The highest BCUT2D eigenvalue weighted by molar-refractivity contribution is 6.12. The van der Waals surface area contributed by atoms with Gasteiger partial charge in [-0.1, -0.05) is 48.0 Å². The smallest absolute Gasteiger partial charge is 0.0719 e. The van der Waals surface area contributed by atoms with Gasteiger partial charge in [0.1, 0.15) is 0 Å². The topological polar surface area (TPSA) is 38.7 Å². The van der Waals surface area contributed by atoms with Gasteiger partial charge >= 0.3 is 0 Å². The van der Waals surface area contributed by atoms with E-state index in [0.29, 0.717) is 0 Å². The summed E-state index contributed by atoms with van der Waals surface area (Å²) in [5.41, 5.74) is 10.8. The first kappa shape index (κ1) is 21.2. The van der Waals surface area contributed by atoms with Crippen molar-refractivity contribution in [3.8, 4) is 33.8 Å². The summed E-state index contributed by atoms with van der Waals surface area (Å²) in [6.07, 6.45) is 3.69. The van der Waals surface area contributed by atoms with Gasteiger partial charge in [0.2, 0.25) is 0 Å². The van der Waals surface area contributed by atoms with Crippen LogP contribution in [0.4, 0.5) is 0 Å². The highest BCUT2D eigenvalue weighted by Gasteiger charge is 2.14. The number of aromatic nitrogens is 3. The van der Waals surface area contributed by atoms with E-state index in [1.165, 1.54) is 27.5 Å². The van der Waals surface area contributed by atoms with Crippen LogP contribution in [-0.2, 0) is 0 Å². The molecule has 0 N–H and O–H groups in total. The Labute approximate surface area is 205 Å². The molecule has 0 aliphatic rings. The molecule has 6 rings (SSSR count). The predicted octanol–water partition coefficient (Wildman–Crippen LogP) is 8.10. The van der Waals surface area contributed by atoms with E-state index < -0.39 is 0 Å². The molecule has 0 unspecified atom stereocenters. The standard InChI is InChI=1S/C32H25N3/c1-20-9-12-24-25-7-6-14-34-30(25)19-28(27(24)15-20)32-17-21(2)16-31(35-32)26-18-23(11-10-22(26)3)29-8-4-5-13-33-29/h4-19H,1-3H3. The van der Waals surface area contributed by atoms with Crippen LogP contribution in [-0.4, -0.2) is 15.0 Å². The molecule has 0 atom stereocenters. The molecule has 3 aromatic carbocycles. The summed E-state index contributed by atoms with van der Waals surface area (Å²) < 4.78 is 0. The van der Waals surface area contributed by atoms with Crippen molar-refractivity contribution >= 4 is 21.7 Å². The van der Waals surface area contributed by atoms with E-state index in [1.54, 1.807) is 0 Å². The lowest BCUT2D eigenvalue weighted by Gasteiger charge is -2.14. The van der Waals surface area contributed by atoms with Gasteiger partial charge in [0.05, 0.1) is 22.6 Å². The Morgan fingerprint density at radius 2 is 1.34 bits per heavy atom. The van der Waals surface area contributed by atoms with Crippen molar-refractivity contribution in [3.63, 3.8) is 0 Å². The van der Waals surface area contributed by atoms with Crippen LogP contribution < -0.4 is 0 Å². The molecular formula is C32H25N3. The number of aryl methyl sites for hydroxylation is 3. The van der Waals surface area contributed by atoms with Crippen LogP contribution in [0.15, 0.2) is 97.3 Å². The zero-order valence-electron chi connectivity index (χ0n) is 20.1. The summed E-state index contributed by atoms with van der Waals surface area (Å²) >= 11 is 0. The first-order chi connectivity index (χ1) is 17.1. The second kappa shape index (κ2) is 8.44. The summed E-state index contributed by atoms with van der Waals surface area (Å²) in [5.74, 6) is 0. The Morgan fingerprint density at radius 1 is 0.514 bits per heavy atom. The molecule has 3 heteroatoms. The number of benzene rings is 3. The molecule has 3 aromatic heterocycles. The van der Waals surface area contributed by atoms with Gasteiger partial charge in [0, 0.05) is 34.5 Å². The third-order valence-electron chi connectivity index (χ3n) is 6.59. The largest absolute Gasteiger partial charge is 0.256 e. The molecule has 3 heterocycles. The normalized spacial score (nSPS) is 11.3. The Bertz CT molecular complexity index is 1720. The average Bonchev–Trinajstić information content (AvgIpc) is 2.88. The van der Waals surface area contributed by atoms with E-state index in [9.17, 15) is 0 Å². The fraction of sp³-hybridized carbons (Fsp3) is 0.0938. The third kappa shape index (κ3) is 3.85. The molecular weight excluding hydrogens is 426 g/mol. The molecule has 0 aliphatic heterocycles. The monoisotopic (exact) mass is 451 g/mol. The number of hydrogen-bond acceptors (Lipinski definition) is 3. The second-order valence-corrected chi connectivity index (χ2v) is 9.20. The molecule has 0 amide bonds. The van der Waals surface area contributed by atoms with Crippen LogP contribution >= 0.6 is 0 Å². The Hall–Kier alpha value is -4.37. The molecule has 168 valence electrons. The SMILES string of the molecule is Cc1cc(-c2cc(-c3ccccn3)ccc2C)nc(-c2cc3ncccc3c3ccc(C)cc23)c1. The van der Waals surface area contributed by atoms with Gasteiger partial charge in [-0.2, -0.15) is 0 Å². The fourth-order valence-electron chi connectivity index (χ4n) is 4.84. The molecule has 0 spiro atoms. The zero-order chi connectivity index (χ0) is 23.9. The number of nitrogens with zero attached hydrogens (tertiary/aromatic N) is 3. The van der Waals surface area contributed by atoms with E-state index >= 15 is 0 Å². The lowest BCUT2D eigenvalue weighted by Crippen LogP contribution is -1.95. The third-order valence-corrected chi connectivity index (χ3v) is 6.59. The number of hydrogen-bond donors (Lipinski definition) is 0. The van der Waals surface area contributed by atoms with Gasteiger partial charge in [0.15, 0.2) is 0 Å². The lowest BCUT2D eigenvalue weighted by molar-refractivity contribution is 1.27. The van der Waals surface area contributed by atoms with Crippen LogP contribution in [0.2, 0.25) is 0 Å². The van der Waals surface area contributed by atoms with Crippen molar-refractivity contribution in [1.82, 2.24) is 15.0 Å². The van der Waals surface area contributed by atoms with Crippen molar-refractivity contribution in [2.24, 2.45) is 0 Å². The molecule has 6 aromatic rings. The predicted molar refractivity (Wildman–Crippen MR) is 145 cm³/mol. The minimum atomic E-state index is 0.962. The Morgan fingerprint density at radius 3 is 2.17 bits per heavy atom.